The Kier molecular flexibility index (Phi) is 10.9. The van der Waals surface area contributed by atoms with Gasteiger partial charge in [0.25, 0.3) is 5.91 Å². The average molecular weight is 612 g/mol. The molecule has 0 bridgehead atoms. The van der Waals surface area contributed by atoms with Gasteiger partial charge in [-0.05, 0) is 79.8 Å². The number of ether oxygens (including phenoxy) is 1. The van der Waals surface area contributed by atoms with Crippen molar-refractivity contribution >= 4 is 15.9 Å². The van der Waals surface area contributed by atoms with E-state index in [1.807, 2.05) is 32.0 Å². The van der Waals surface area contributed by atoms with Gasteiger partial charge in [-0.25, -0.2) is 8.42 Å². The number of nitrogens with zero attached hydrogens (tertiary/aromatic N) is 1. The lowest BCUT2D eigenvalue weighted by atomic mass is 9.93. The van der Waals surface area contributed by atoms with Crippen molar-refractivity contribution in [3.8, 4) is 5.75 Å². The molecule has 11 heteroatoms. The highest BCUT2D eigenvalue weighted by atomic mass is 32.2. The van der Waals surface area contributed by atoms with Crippen LogP contribution >= 0.6 is 0 Å². The summed E-state index contributed by atoms with van der Waals surface area (Å²) < 4.78 is 32.3. The van der Waals surface area contributed by atoms with E-state index in [1.54, 1.807) is 42.5 Å². The minimum atomic E-state index is -3.54. The summed E-state index contributed by atoms with van der Waals surface area (Å²) in [5.41, 5.74) is 2.99. The largest absolute Gasteiger partial charge is 0.508 e. The molecule has 0 unspecified atom stereocenters. The molecule has 0 saturated carbocycles. The quantitative estimate of drug-likeness (QED) is 0.198. The molecule has 1 atom stereocenters. The molecule has 1 fully saturated rings. The van der Waals surface area contributed by atoms with Crippen LogP contribution in [0.1, 0.15) is 52.6 Å². The first-order valence-electron chi connectivity index (χ1n) is 14.4. The standard InChI is InChI=1S/C32H41N3O7S/c1-32(2,34-21-30(38)25-8-11-29(37)27(19-25)22-36)20-24-4-3-5-26(18-24)31(39)33-13-12-23-6-9-28(10-7-23)43(40,41)35-14-16-42-17-15-35/h3-11,18-19,30,34,36-38H,12-17,20-22H2,1-2H3,(H,33,39)/t30-/m0/s1. The SMILES string of the molecule is CC(C)(Cc1cccc(C(=O)NCCc2ccc(S(=O)(=O)N3CCOCC3)cc2)c1)NC[C@H](O)c1ccc(O)c(CO)c1. The molecule has 0 aromatic heterocycles. The van der Waals surface area contributed by atoms with Crippen molar-refractivity contribution in [3.63, 3.8) is 0 Å². The van der Waals surface area contributed by atoms with Crippen LogP contribution in [0.5, 0.6) is 5.75 Å². The number of aliphatic hydroxyl groups is 2. The van der Waals surface area contributed by atoms with Crippen LogP contribution in [-0.4, -0.2) is 78.9 Å². The summed E-state index contributed by atoms with van der Waals surface area (Å²) in [5.74, 6) is -0.205. The maximum atomic E-state index is 12.9. The highest BCUT2D eigenvalue weighted by Gasteiger charge is 2.26. The van der Waals surface area contributed by atoms with Gasteiger partial charge in [0, 0.05) is 42.8 Å². The lowest BCUT2D eigenvalue weighted by Crippen LogP contribution is -2.43. The second-order valence-corrected chi connectivity index (χ2v) is 13.3. The third-order valence-electron chi connectivity index (χ3n) is 7.50. The fourth-order valence-corrected chi connectivity index (χ4v) is 6.42. The Hall–Kier alpha value is -3.32. The van der Waals surface area contributed by atoms with E-state index in [9.17, 15) is 28.5 Å². The van der Waals surface area contributed by atoms with E-state index in [2.05, 4.69) is 10.6 Å². The molecular weight excluding hydrogens is 570 g/mol. The fourth-order valence-electron chi connectivity index (χ4n) is 5.01. The Morgan fingerprint density at radius 3 is 2.44 bits per heavy atom. The molecule has 0 spiro atoms. The number of phenols is 1. The van der Waals surface area contributed by atoms with Gasteiger partial charge in [0.1, 0.15) is 5.75 Å². The van der Waals surface area contributed by atoms with Gasteiger partial charge in [0.15, 0.2) is 0 Å². The molecule has 1 aliphatic heterocycles. The first kappa shape index (κ1) is 32.6. The number of morpholine rings is 1. The van der Waals surface area contributed by atoms with Crippen LogP contribution in [-0.2, 0) is 34.2 Å². The number of amides is 1. The highest BCUT2D eigenvalue weighted by molar-refractivity contribution is 7.89. The van der Waals surface area contributed by atoms with Crippen LogP contribution < -0.4 is 10.6 Å². The second kappa shape index (κ2) is 14.4. The van der Waals surface area contributed by atoms with Gasteiger partial charge in [-0.3, -0.25) is 4.79 Å². The third kappa shape index (κ3) is 8.85. The lowest BCUT2D eigenvalue weighted by Gasteiger charge is -2.28. The van der Waals surface area contributed by atoms with Crippen molar-refractivity contribution in [2.75, 3.05) is 39.4 Å². The molecule has 1 amide bonds. The first-order chi connectivity index (χ1) is 20.5. The number of hydrogen-bond acceptors (Lipinski definition) is 8. The molecule has 232 valence electrons. The number of carbonyl (C=O) groups excluding carboxylic acids is 1. The van der Waals surface area contributed by atoms with Crippen LogP contribution in [0, 0.1) is 0 Å². The van der Waals surface area contributed by atoms with Crippen LogP contribution in [0.15, 0.2) is 71.6 Å². The summed E-state index contributed by atoms with van der Waals surface area (Å²) >= 11 is 0. The highest BCUT2D eigenvalue weighted by Crippen LogP contribution is 2.23. The summed E-state index contributed by atoms with van der Waals surface area (Å²) in [6.45, 7) is 5.87. The van der Waals surface area contributed by atoms with Gasteiger partial charge in [0.2, 0.25) is 10.0 Å². The van der Waals surface area contributed by atoms with Crippen molar-refractivity contribution < 1.29 is 33.3 Å². The summed E-state index contributed by atoms with van der Waals surface area (Å²) in [5, 5.41) is 36.1. The van der Waals surface area contributed by atoms with Crippen molar-refractivity contribution in [2.24, 2.45) is 0 Å². The smallest absolute Gasteiger partial charge is 0.251 e. The molecule has 10 nitrogen and oxygen atoms in total. The Labute approximate surface area is 253 Å². The molecule has 4 rings (SSSR count). The third-order valence-corrected chi connectivity index (χ3v) is 9.41. The number of hydrogen-bond donors (Lipinski definition) is 5. The zero-order chi connectivity index (χ0) is 31.0. The van der Waals surface area contributed by atoms with E-state index in [0.29, 0.717) is 62.4 Å². The summed E-state index contributed by atoms with van der Waals surface area (Å²) in [6, 6.07) is 18.9. The molecule has 1 saturated heterocycles. The monoisotopic (exact) mass is 611 g/mol. The zero-order valence-electron chi connectivity index (χ0n) is 24.6. The van der Waals surface area contributed by atoms with Crippen LogP contribution in [0.2, 0.25) is 0 Å². The van der Waals surface area contributed by atoms with Crippen molar-refractivity contribution in [3.05, 3.63) is 94.5 Å². The van der Waals surface area contributed by atoms with E-state index < -0.39 is 21.7 Å². The number of nitrogens with one attached hydrogen (secondary N) is 2. The predicted octanol–water partition coefficient (Wildman–Crippen LogP) is 2.52. The molecule has 3 aromatic rings. The van der Waals surface area contributed by atoms with E-state index in [1.165, 1.54) is 10.4 Å². The molecule has 0 aliphatic carbocycles. The lowest BCUT2D eigenvalue weighted by molar-refractivity contribution is 0.0730. The van der Waals surface area contributed by atoms with E-state index in [0.717, 1.165) is 11.1 Å². The minimum Gasteiger partial charge on any atom is -0.508 e. The first-order valence-corrected chi connectivity index (χ1v) is 15.8. The summed E-state index contributed by atoms with van der Waals surface area (Å²) in [7, 11) is -3.54. The minimum absolute atomic E-state index is 0.0120. The number of carbonyl (C=O) groups is 1. The fraction of sp³-hybridized carbons (Fsp3) is 0.406. The molecule has 0 radical (unpaired) electrons. The molecular formula is C32H41N3O7S. The number of aromatic hydroxyl groups is 1. The molecule has 1 aliphatic rings. The van der Waals surface area contributed by atoms with Crippen LogP contribution in [0.4, 0.5) is 0 Å². The van der Waals surface area contributed by atoms with E-state index in [-0.39, 0.29) is 29.7 Å². The predicted molar refractivity (Wildman–Crippen MR) is 163 cm³/mol. The maximum absolute atomic E-state index is 12.9. The van der Waals surface area contributed by atoms with Gasteiger partial charge < -0.3 is 30.7 Å². The van der Waals surface area contributed by atoms with Gasteiger partial charge >= 0.3 is 0 Å². The van der Waals surface area contributed by atoms with Crippen molar-refractivity contribution in [1.29, 1.82) is 0 Å². The van der Waals surface area contributed by atoms with Gasteiger partial charge in [-0.2, -0.15) is 4.31 Å². The molecule has 1 heterocycles. The van der Waals surface area contributed by atoms with Gasteiger partial charge in [0.05, 0.1) is 30.8 Å². The normalized spacial score (nSPS) is 15.3. The molecule has 43 heavy (non-hydrogen) atoms. The van der Waals surface area contributed by atoms with E-state index in [4.69, 9.17) is 4.74 Å². The topological polar surface area (TPSA) is 148 Å². The van der Waals surface area contributed by atoms with Crippen molar-refractivity contribution in [1.82, 2.24) is 14.9 Å². The summed E-state index contributed by atoms with van der Waals surface area (Å²) in [6.07, 6.45) is 0.342. The second-order valence-electron chi connectivity index (χ2n) is 11.4. The Bertz CT molecular complexity index is 1490. The Morgan fingerprint density at radius 2 is 1.74 bits per heavy atom. The van der Waals surface area contributed by atoms with Crippen LogP contribution in [0.3, 0.4) is 0 Å². The molecule has 3 aromatic carbocycles. The Morgan fingerprint density at radius 1 is 1.02 bits per heavy atom. The van der Waals surface area contributed by atoms with Crippen molar-refractivity contribution in [2.45, 2.75) is 49.8 Å². The molecule has 5 N–H and O–H groups in total. The van der Waals surface area contributed by atoms with E-state index >= 15 is 0 Å². The average Bonchev–Trinajstić information content (AvgIpc) is 3.00. The number of β-amino-alcohol motifs (C(OH)–C–C–N with tert-alkyl or cyclic N) is 1. The number of aliphatic hydroxyl groups excluding tert-OH is 2. The van der Waals surface area contributed by atoms with Gasteiger partial charge in [-0.15, -0.1) is 0 Å². The number of benzene rings is 3. The van der Waals surface area contributed by atoms with Gasteiger partial charge in [-0.1, -0.05) is 30.3 Å². The maximum Gasteiger partial charge on any atom is 0.251 e. The van der Waals surface area contributed by atoms with Crippen LogP contribution in [0.25, 0.3) is 0 Å². The zero-order valence-corrected chi connectivity index (χ0v) is 25.4. The Balaban J connectivity index is 1.26. The summed E-state index contributed by atoms with van der Waals surface area (Å²) in [4.78, 5) is 13.1. The number of sulfonamides is 1. The number of rotatable bonds is 13.